The first kappa shape index (κ1) is 14.1. The molecule has 0 unspecified atom stereocenters. The SMILES string of the molecule is CC(=O)c1cc(Br)ccc1OCC(=O)N1CCCC1. The lowest BCUT2D eigenvalue weighted by Crippen LogP contribution is -2.32. The van der Waals surface area contributed by atoms with Crippen LogP contribution in [0.1, 0.15) is 30.1 Å². The summed E-state index contributed by atoms with van der Waals surface area (Å²) in [4.78, 5) is 25.2. The van der Waals surface area contributed by atoms with Crippen molar-refractivity contribution in [1.82, 2.24) is 4.90 Å². The zero-order valence-electron chi connectivity index (χ0n) is 10.8. The molecule has 1 amide bonds. The van der Waals surface area contributed by atoms with Gasteiger partial charge >= 0.3 is 0 Å². The van der Waals surface area contributed by atoms with E-state index in [1.165, 1.54) is 6.92 Å². The Balaban J connectivity index is 2.02. The molecule has 1 fully saturated rings. The van der Waals surface area contributed by atoms with E-state index in [0.29, 0.717) is 11.3 Å². The highest BCUT2D eigenvalue weighted by Gasteiger charge is 2.19. The highest BCUT2D eigenvalue weighted by atomic mass is 79.9. The van der Waals surface area contributed by atoms with Crippen LogP contribution >= 0.6 is 15.9 Å². The Morgan fingerprint density at radius 2 is 2.00 bits per heavy atom. The van der Waals surface area contributed by atoms with Crippen LogP contribution in [0.5, 0.6) is 5.75 Å². The number of nitrogens with zero attached hydrogens (tertiary/aromatic N) is 1. The molecule has 0 saturated carbocycles. The molecule has 4 nitrogen and oxygen atoms in total. The van der Waals surface area contributed by atoms with Crippen molar-refractivity contribution in [2.45, 2.75) is 19.8 Å². The maximum Gasteiger partial charge on any atom is 0.260 e. The zero-order chi connectivity index (χ0) is 13.8. The number of rotatable bonds is 4. The minimum absolute atomic E-state index is 0.0120. The van der Waals surface area contributed by atoms with Crippen LogP contribution in [0, 0.1) is 0 Å². The normalized spacial score (nSPS) is 14.5. The molecule has 1 aliphatic heterocycles. The quantitative estimate of drug-likeness (QED) is 0.799. The van der Waals surface area contributed by atoms with Crippen molar-refractivity contribution >= 4 is 27.6 Å². The average molecular weight is 326 g/mol. The summed E-state index contributed by atoms with van der Waals surface area (Å²) in [5.41, 5.74) is 0.489. The first-order valence-corrected chi connectivity index (χ1v) is 7.08. The lowest BCUT2D eigenvalue weighted by molar-refractivity contribution is -0.132. The van der Waals surface area contributed by atoms with Crippen LogP contribution in [0.3, 0.4) is 0 Å². The highest BCUT2D eigenvalue weighted by Crippen LogP contribution is 2.24. The Kier molecular flexibility index (Phi) is 4.58. The summed E-state index contributed by atoms with van der Waals surface area (Å²) >= 11 is 3.32. The van der Waals surface area contributed by atoms with E-state index >= 15 is 0 Å². The van der Waals surface area contributed by atoms with Crippen LogP contribution in [0.25, 0.3) is 0 Å². The van der Waals surface area contributed by atoms with E-state index in [-0.39, 0.29) is 18.3 Å². The molecule has 0 aliphatic carbocycles. The molecule has 0 radical (unpaired) electrons. The Morgan fingerprint density at radius 1 is 1.32 bits per heavy atom. The van der Waals surface area contributed by atoms with Crippen molar-refractivity contribution in [1.29, 1.82) is 0 Å². The van der Waals surface area contributed by atoms with Gasteiger partial charge in [-0.3, -0.25) is 9.59 Å². The Morgan fingerprint density at radius 3 is 2.63 bits per heavy atom. The summed E-state index contributed by atoms with van der Waals surface area (Å²) in [6.45, 7) is 3.09. The van der Waals surface area contributed by atoms with E-state index in [1.807, 2.05) is 0 Å². The van der Waals surface area contributed by atoms with Gasteiger partial charge in [-0.1, -0.05) is 15.9 Å². The van der Waals surface area contributed by atoms with Crippen molar-refractivity contribution in [3.05, 3.63) is 28.2 Å². The second kappa shape index (κ2) is 6.19. The smallest absolute Gasteiger partial charge is 0.260 e. The first-order chi connectivity index (χ1) is 9.08. The third-order valence-electron chi connectivity index (χ3n) is 3.13. The van der Waals surface area contributed by atoms with E-state index in [4.69, 9.17) is 4.74 Å². The fraction of sp³-hybridized carbons (Fsp3) is 0.429. The van der Waals surface area contributed by atoms with Gasteiger partial charge in [0.2, 0.25) is 0 Å². The number of ketones is 1. The van der Waals surface area contributed by atoms with Crippen molar-refractivity contribution in [3.8, 4) is 5.75 Å². The molecule has 1 aromatic rings. The lowest BCUT2D eigenvalue weighted by atomic mass is 10.1. The van der Waals surface area contributed by atoms with Gasteiger partial charge in [0, 0.05) is 17.6 Å². The molecule has 102 valence electrons. The summed E-state index contributed by atoms with van der Waals surface area (Å²) < 4.78 is 6.31. The molecule has 2 rings (SSSR count). The largest absolute Gasteiger partial charge is 0.483 e. The molecule has 1 aliphatic rings. The van der Waals surface area contributed by atoms with Gasteiger partial charge in [0.15, 0.2) is 12.4 Å². The maximum absolute atomic E-state index is 11.9. The minimum Gasteiger partial charge on any atom is -0.483 e. The summed E-state index contributed by atoms with van der Waals surface area (Å²) in [6.07, 6.45) is 2.12. The summed E-state index contributed by atoms with van der Waals surface area (Å²) in [7, 11) is 0. The van der Waals surface area contributed by atoms with Crippen LogP contribution in [0.15, 0.2) is 22.7 Å². The molecule has 1 saturated heterocycles. The molecular weight excluding hydrogens is 310 g/mol. The van der Waals surface area contributed by atoms with Gasteiger partial charge in [0.05, 0.1) is 5.56 Å². The number of ether oxygens (including phenoxy) is 1. The number of likely N-dealkylation sites (tertiary alicyclic amines) is 1. The number of carbonyl (C=O) groups excluding carboxylic acids is 2. The second-order valence-corrected chi connectivity index (χ2v) is 5.49. The summed E-state index contributed by atoms with van der Waals surface area (Å²) in [5.74, 6) is 0.364. The molecular formula is C14H16BrNO3. The van der Waals surface area contributed by atoms with Gasteiger partial charge in [-0.05, 0) is 38.0 Å². The molecule has 0 N–H and O–H groups in total. The van der Waals surface area contributed by atoms with Crippen LogP contribution < -0.4 is 4.74 Å². The molecule has 0 bridgehead atoms. The van der Waals surface area contributed by atoms with Gasteiger partial charge < -0.3 is 9.64 Å². The van der Waals surface area contributed by atoms with Crippen molar-refractivity contribution in [3.63, 3.8) is 0 Å². The number of carbonyl (C=O) groups is 2. The number of hydrogen-bond donors (Lipinski definition) is 0. The van der Waals surface area contributed by atoms with E-state index < -0.39 is 0 Å². The highest BCUT2D eigenvalue weighted by molar-refractivity contribution is 9.10. The van der Waals surface area contributed by atoms with Gasteiger partial charge in [-0.25, -0.2) is 0 Å². The third-order valence-corrected chi connectivity index (χ3v) is 3.62. The van der Waals surface area contributed by atoms with E-state index in [9.17, 15) is 9.59 Å². The molecule has 1 heterocycles. The van der Waals surface area contributed by atoms with Gasteiger partial charge in [0.1, 0.15) is 5.75 Å². The molecule has 0 atom stereocenters. The van der Waals surface area contributed by atoms with E-state index in [2.05, 4.69) is 15.9 Å². The van der Waals surface area contributed by atoms with Crippen molar-refractivity contribution in [2.75, 3.05) is 19.7 Å². The first-order valence-electron chi connectivity index (χ1n) is 6.29. The predicted molar refractivity (Wildman–Crippen MR) is 75.5 cm³/mol. The maximum atomic E-state index is 11.9. The molecule has 19 heavy (non-hydrogen) atoms. The second-order valence-electron chi connectivity index (χ2n) is 4.57. The lowest BCUT2D eigenvalue weighted by Gasteiger charge is -2.16. The molecule has 1 aromatic carbocycles. The Bertz CT molecular complexity index is 495. The van der Waals surface area contributed by atoms with E-state index in [0.717, 1.165) is 30.4 Å². The number of halogens is 1. The zero-order valence-corrected chi connectivity index (χ0v) is 12.4. The topological polar surface area (TPSA) is 46.6 Å². The average Bonchev–Trinajstić information content (AvgIpc) is 2.90. The summed E-state index contributed by atoms with van der Waals surface area (Å²) in [6, 6.07) is 5.21. The molecule has 0 spiro atoms. The summed E-state index contributed by atoms with van der Waals surface area (Å²) in [5, 5.41) is 0. The van der Waals surface area contributed by atoms with Crippen LogP contribution in [0.2, 0.25) is 0 Å². The Hall–Kier alpha value is -1.36. The predicted octanol–water partition coefficient (Wildman–Crippen LogP) is 2.65. The van der Waals surface area contributed by atoms with Crippen LogP contribution in [-0.4, -0.2) is 36.3 Å². The van der Waals surface area contributed by atoms with E-state index in [1.54, 1.807) is 23.1 Å². The molecule has 0 aromatic heterocycles. The molecule has 5 heteroatoms. The number of hydrogen-bond acceptors (Lipinski definition) is 3. The van der Waals surface area contributed by atoms with Gasteiger partial charge in [-0.15, -0.1) is 0 Å². The van der Waals surface area contributed by atoms with Crippen LogP contribution in [-0.2, 0) is 4.79 Å². The van der Waals surface area contributed by atoms with Gasteiger partial charge in [0.25, 0.3) is 5.91 Å². The van der Waals surface area contributed by atoms with Crippen molar-refractivity contribution < 1.29 is 14.3 Å². The fourth-order valence-electron chi connectivity index (χ4n) is 2.10. The standard InChI is InChI=1S/C14H16BrNO3/c1-10(17)12-8-11(15)4-5-13(12)19-9-14(18)16-6-2-3-7-16/h4-5,8H,2-3,6-7,9H2,1H3. The van der Waals surface area contributed by atoms with Gasteiger partial charge in [-0.2, -0.15) is 0 Å². The fourth-order valence-corrected chi connectivity index (χ4v) is 2.46. The van der Waals surface area contributed by atoms with Crippen molar-refractivity contribution in [2.24, 2.45) is 0 Å². The monoisotopic (exact) mass is 325 g/mol. The number of benzene rings is 1. The number of Topliss-reactive ketones (excluding diaryl/α,β-unsaturated/α-hetero) is 1. The number of amides is 1. The third kappa shape index (κ3) is 3.56. The Labute approximate surface area is 120 Å². The van der Waals surface area contributed by atoms with Crippen LogP contribution in [0.4, 0.5) is 0 Å². The minimum atomic E-state index is -0.0788.